The van der Waals surface area contributed by atoms with E-state index in [0.29, 0.717) is 34.5 Å². The van der Waals surface area contributed by atoms with E-state index in [0.717, 1.165) is 17.3 Å². The SMILES string of the molecule is COc1ccc2nc(C3C=NC=CC3)nc(Nc3cc(-c4ccc(OC(F)(F)F)cc4)[nH]n3)c2c1. The first-order valence-corrected chi connectivity index (χ1v) is 10.6. The minimum absolute atomic E-state index is 0.0563. The van der Waals surface area contributed by atoms with E-state index < -0.39 is 6.36 Å². The van der Waals surface area contributed by atoms with Gasteiger partial charge in [0, 0.05) is 23.9 Å². The molecule has 1 atom stereocenters. The van der Waals surface area contributed by atoms with Crippen LogP contribution in [0.1, 0.15) is 18.2 Å². The fourth-order valence-electron chi connectivity index (χ4n) is 3.66. The highest BCUT2D eigenvalue weighted by atomic mass is 19.4. The first kappa shape index (κ1) is 22.4. The zero-order valence-electron chi connectivity index (χ0n) is 18.4. The van der Waals surface area contributed by atoms with Gasteiger partial charge in [-0.05, 0) is 54.4 Å². The number of nitrogens with one attached hydrogen (secondary N) is 2. The molecular weight excluding hydrogens is 461 g/mol. The van der Waals surface area contributed by atoms with Gasteiger partial charge in [-0.25, -0.2) is 9.97 Å². The van der Waals surface area contributed by atoms with Crippen molar-refractivity contribution >= 4 is 28.8 Å². The Labute approximate surface area is 197 Å². The summed E-state index contributed by atoms with van der Waals surface area (Å²) in [6.07, 6.45) is 1.52. The van der Waals surface area contributed by atoms with E-state index >= 15 is 0 Å². The highest BCUT2D eigenvalue weighted by Gasteiger charge is 2.31. The molecule has 35 heavy (non-hydrogen) atoms. The Bertz CT molecular complexity index is 1410. The summed E-state index contributed by atoms with van der Waals surface area (Å²) in [4.78, 5) is 13.7. The zero-order valence-corrected chi connectivity index (χ0v) is 18.4. The summed E-state index contributed by atoms with van der Waals surface area (Å²) < 4.78 is 46.5. The van der Waals surface area contributed by atoms with Gasteiger partial charge in [-0.1, -0.05) is 6.08 Å². The van der Waals surface area contributed by atoms with Crippen molar-refractivity contribution in [3.63, 3.8) is 0 Å². The van der Waals surface area contributed by atoms with Gasteiger partial charge < -0.3 is 14.8 Å². The van der Waals surface area contributed by atoms with Crippen molar-refractivity contribution in [1.29, 1.82) is 0 Å². The van der Waals surface area contributed by atoms with Gasteiger partial charge in [0.25, 0.3) is 0 Å². The average molecular weight is 480 g/mol. The summed E-state index contributed by atoms with van der Waals surface area (Å²) in [6.45, 7) is 0. The van der Waals surface area contributed by atoms with Crippen LogP contribution >= 0.6 is 0 Å². The Kier molecular flexibility index (Phi) is 5.81. The third-order valence-electron chi connectivity index (χ3n) is 5.32. The summed E-state index contributed by atoms with van der Waals surface area (Å²) in [7, 11) is 1.58. The van der Waals surface area contributed by atoms with Crippen LogP contribution in [0.5, 0.6) is 11.5 Å². The third kappa shape index (κ3) is 5.08. The number of hydrogen-bond acceptors (Lipinski definition) is 7. The largest absolute Gasteiger partial charge is 0.573 e. The molecule has 2 aromatic carbocycles. The number of rotatable bonds is 6. The second-order valence-corrected chi connectivity index (χ2v) is 7.70. The molecule has 1 aliphatic heterocycles. The fraction of sp³-hybridized carbons (Fsp3) is 0.167. The Hall–Kier alpha value is -4.41. The number of allylic oxidation sites excluding steroid dienone is 1. The quantitative estimate of drug-likeness (QED) is 0.365. The Balaban J connectivity index is 1.45. The number of aromatic nitrogens is 4. The number of alkyl halides is 3. The lowest BCUT2D eigenvalue weighted by Crippen LogP contribution is -2.16. The van der Waals surface area contributed by atoms with Crippen molar-refractivity contribution in [2.75, 3.05) is 12.4 Å². The van der Waals surface area contributed by atoms with Gasteiger partial charge in [0.1, 0.15) is 23.1 Å². The van der Waals surface area contributed by atoms with Gasteiger partial charge in [-0.3, -0.25) is 10.1 Å². The molecule has 178 valence electrons. The highest BCUT2D eigenvalue weighted by Crippen LogP contribution is 2.31. The summed E-state index contributed by atoms with van der Waals surface area (Å²) in [6, 6.07) is 12.8. The van der Waals surface area contributed by atoms with Gasteiger partial charge in [-0.2, -0.15) is 5.10 Å². The summed E-state index contributed by atoms with van der Waals surface area (Å²) in [5, 5.41) is 11.1. The number of methoxy groups -OCH3 is 1. The number of anilines is 2. The topological polar surface area (TPSA) is 97.3 Å². The summed E-state index contributed by atoms with van der Waals surface area (Å²) in [5.41, 5.74) is 1.98. The third-order valence-corrected chi connectivity index (χ3v) is 5.32. The summed E-state index contributed by atoms with van der Waals surface area (Å²) in [5.74, 6) is 1.94. The van der Waals surface area contributed by atoms with Crippen LogP contribution in [0.15, 0.2) is 65.8 Å². The Morgan fingerprint density at radius 2 is 1.83 bits per heavy atom. The number of halogens is 3. The van der Waals surface area contributed by atoms with Gasteiger partial charge >= 0.3 is 6.36 Å². The van der Waals surface area contributed by atoms with Crippen molar-refractivity contribution < 1.29 is 22.6 Å². The van der Waals surface area contributed by atoms with E-state index in [2.05, 4.69) is 25.2 Å². The van der Waals surface area contributed by atoms with Crippen LogP contribution < -0.4 is 14.8 Å². The molecule has 5 rings (SSSR count). The van der Waals surface area contributed by atoms with Gasteiger partial charge in [-0.15, -0.1) is 13.2 Å². The monoisotopic (exact) mass is 480 g/mol. The molecular formula is C24H19F3N6O2. The zero-order chi connectivity index (χ0) is 24.4. The molecule has 4 aromatic rings. The molecule has 0 bridgehead atoms. The predicted octanol–water partition coefficient (Wildman–Crippen LogP) is 5.74. The van der Waals surface area contributed by atoms with E-state index in [1.165, 1.54) is 24.3 Å². The van der Waals surface area contributed by atoms with E-state index in [1.807, 2.05) is 30.5 Å². The van der Waals surface area contributed by atoms with Crippen LogP contribution in [0.25, 0.3) is 22.2 Å². The van der Waals surface area contributed by atoms with Gasteiger partial charge in [0.05, 0.1) is 24.2 Å². The molecule has 2 N–H and O–H groups in total. The first-order chi connectivity index (χ1) is 16.9. The molecule has 0 saturated heterocycles. The maximum Gasteiger partial charge on any atom is 0.573 e. The second-order valence-electron chi connectivity index (χ2n) is 7.70. The molecule has 0 radical (unpaired) electrons. The lowest BCUT2D eigenvalue weighted by molar-refractivity contribution is -0.274. The van der Waals surface area contributed by atoms with Crippen LogP contribution in [0, 0.1) is 0 Å². The van der Waals surface area contributed by atoms with Crippen LogP contribution in [0.2, 0.25) is 0 Å². The van der Waals surface area contributed by atoms with Crippen molar-refractivity contribution in [2.24, 2.45) is 4.99 Å². The minimum atomic E-state index is -4.74. The molecule has 0 aliphatic carbocycles. The van der Waals surface area contributed by atoms with Crippen molar-refractivity contribution in [1.82, 2.24) is 20.2 Å². The lowest BCUT2D eigenvalue weighted by atomic mass is 10.0. The number of hydrogen-bond donors (Lipinski definition) is 2. The van der Waals surface area contributed by atoms with Crippen LogP contribution in [-0.4, -0.2) is 39.9 Å². The second kappa shape index (κ2) is 9.09. The molecule has 0 spiro atoms. The maximum atomic E-state index is 12.4. The van der Waals surface area contributed by atoms with Gasteiger partial charge in [0.2, 0.25) is 0 Å². The smallest absolute Gasteiger partial charge is 0.497 e. The van der Waals surface area contributed by atoms with Crippen LogP contribution in [0.3, 0.4) is 0 Å². The van der Waals surface area contributed by atoms with Crippen molar-refractivity contribution in [2.45, 2.75) is 18.7 Å². The number of aliphatic imine (C=N–C) groups is 1. The average Bonchev–Trinajstić information content (AvgIpc) is 3.32. The van der Waals surface area contributed by atoms with E-state index in [1.54, 1.807) is 19.4 Å². The molecule has 0 saturated carbocycles. The molecule has 0 fully saturated rings. The number of nitrogens with zero attached hydrogens (tertiary/aromatic N) is 4. The van der Waals surface area contributed by atoms with E-state index in [4.69, 9.17) is 14.7 Å². The molecule has 1 unspecified atom stereocenters. The number of H-pyrrole nitrogens is 1. The first-order valence-electron chi connectivity index (χ1n) is 10.6. The van der Waals surface area contributed by atoms with E-state index in [9.17, 15) is 13.2 Å². The normalized spacial score (nSPS) is 15.4. The van der Waals surface area contributed by atoms with Crippen LogP contribution in [-0.2, 0) is 0 Å². The highest BCUT2D eigenvalue weighted by molar-refractivity contribution is 5.92. The van der Waals surface area contributed by atoms with Crippen molar-refractivity contribution in [3.8, 4) is 22.8 Å². The molecule has 0 amide bonds. The maximum absolute atomic E-state index is 12.4. The number of fused-ring (bicyclic) bond motifs is 1. The van der Waals surface area contributed by atoms with Crippen molar-refractivity contribution in [3.05, 3.63) is 66.6 Å². The number of benzene rings is 2. The molecule has 2 aromatic heterocycles. The van der Waals surface area contributed by atoms with Gasteiger partial charge in [0.15, 0.2) is 5.82 Å². The Morgan fingerprint density at radius 3 is 2.54 bits per heavy atom. The molecule has 3 heterocycles. The molecule has 11 heteroatoms. The molecule has 8 nitrogen and oxygen atoms in total. The number of ether oxygens (including phenoxy) is 2. The van der Waals surface area contributed by atoms with Crippen LogP contribution in [0.4, 0.5) is 24.8 Å². The fourth-order valence-corrected chi connectivity index (χ4v) is 3.66. The number of aromatic amines is 1. The lowest BCUT2D eigenvalue weighted by Gasteiger charge is -2.15. The summed E-state index contributed by atoms with van der Waals surface area (Å²) >= 11 is 0. The Morgan fingerprint density at radius 1 is 1.03 bits per heavy atom. The standard InChI is InChI=1S/C24H19F3N6O2/c1-34-17-8-9-19-18(11-17)23(31-22(29-19)15-3-2-10-28-13-15)30-21-12-20(32-33-21)14-4-6-16(7-5-14)35-24(25,26)27/h2,4-13,15H,3H2,1H3,(H2,29,30,31,32,33). The van der Waals surface area contributed by atoms with E-state index in [-0.39, 0.29) is 11.7 Å². The predicted molar refractivity (Wildman–Crippen MR) is 125 cm³/mol. The molecule has 1 aliphatic rings. The minimum Gasteiger partial charge on any atom is -0.497 e.